The number of aryl methyl sites for hydroxylation is 1. The molecule has 1 spiro atoms. The Morgan fingerprint density at radius 3 is 2.88 bits per heavy atom. The maximum Gasteiger partial charge on any atom is 0.225 e. The molecule has 0 saturated carbocycles. The number of piperidine rings is 1. The summed E-state index contributed by atoms with van der Waals surface area (Å²) < 4.78 is 6.25. The summed E-state index contributed by atoms with van der Waals surface area (Å²) in [4.78, 5) is 24.1. The van der Waals surface area contributed by atoms with Gasteiger partial charge >= 0.3 is 0 Å². The molecule has 126 valence electrons. The second kappa shape index (κ2) is 5.93. The zero-order valence-electron chi connectivity index (χ0n) is 14.0. The molecular weight excluding hydrogens is 322 g/mol. The molecular formula is C18H21N3O2S. The number of carbonyl (C=O) groups excluding carboxylic acids is 1. The van der Waals surface area contributed by atoms with Crippen LogP contribution in [0.4, 0.5) is 5.95 Å². The molecule has 5 nitrogen and oxygen atoms in total. The first-order valence-corrected chi connectivity index (χ1v) is 9.27. The van der Waals surface area contributed by atoms with Crippen LogP contribution in [0.15, 0.2) is 17.6 Å². The van der Waals surface area contributed by atoms with Crippen LogP contribution in [0.5, 0.6) is 0 Å². The number of thiophene rings is 1. The highest BCUT2D eigenvalue weighted by molar-refractivity contribution is 7.10. The van der Waals surface area contributed by atoms with Crippen LogP contribution >= 0.6 is 11.3 Å². The van der Waals surface area contributed by atoms with Gasteiger partial charge in [-0.1, -0.05) is 0 Å². The third kappa shape index (κ3) is 2.54. The van der Waals surface area contributed by atoms with Gasteiger partial charge in [0.25, 0.3) is 0 Å². The van der Waals surface area contributed by atoms with E-state index in [0.29, 0.717) is 5.56 Å². The summed E-state index contributed by atoms with van der Waals surface area (Å²) in [5, 5.41) is 2.18. The summed E-state index contributed by atoms with van der Waals surface area (Å²) in [6.07, 6.45) is 4.59. The molecule has 2 aromatic rings. The van der Waals surface area contributed by atoms with Crippen molar-refractivity contribution in [2.45, 2.75) is 38.7 Å². The number of hydrogen-bond donors (Lipinski definition) is 0. The highest BCUT2D eigenvalue weighted by Gasteiger charge is 2.42. The van der Waals surface area contributed by atoms with Crippen molar-refractivity contribution >= 4 is 23.1 Å². The molecule has 0 bridgehead atoms. The van der Waals surface area contributed by atoms with Crippen LogP contribution in [0, 0.1) is 6.92 Å². The fraction of sp³-hybridized carbons (Fsp3) is 0.500. The Kier molecular flexibility index (Phi) is 3.89. The monoisotopic (exact) mass is 343 g/mol. The number of rotatable bonds is 2. The van der Waals surface area contributed by atoms with E-state index in [1.54, 1.807) is 13.1 Å². The molecule has 0 N–H and O–H groups in total. The predicted molar refractivity (Wildman–Crippen MR) is 93.9 cm³/mol. The molecule has 0 atom stereocenters. The normalized spacial score (nSPS) is 19.3. The van der Waals surface area contributed by atoms with Gasteiger partial charge in [-0.25, -0.2) is 9.97 Å². The number of fused-ring (bicyclic) bond motifs is 2. The Hall–Kier alpha value is -1.79. The quantitative estimate of drug-likeness (QED) is 0.784. The number of Topliss-reactive ketones (excluding diaryl/α,β-unsaturated/α-hetero) is 1. The minimum atomic E-state index is -0.118. The lowest BCUT2D eigenvalue weighted by atomic mass is 9.85. The van der Waals surface area contributed by atoms with Crippen molar-refractivity contribution in [3.63, 3.8) is 0 Å². The topological polar surface area (TPSA) is 55.3 Å². The van der Waals surface area contributed by atoms with Gasteiger partial charge in [0.2, 0.25) is 5.95 Å². The van der Waals surface area contributed by atoms with Gasteiger partial charge in [-0.05, 0) is 50.1 Å². The van der Waals surface area contributed by atoms with E-state index in [-0.39, 0.29) is 11.4 Å². The van der Waals surface area contributed by atoms with Crippen molar-refractivity contribution < 1.29 is 9.53 Å². The van der Waals surface area contributed by atoms with Gasteiger partial charge in [0, 0.05) is 24.2 Å². The van der Waals surface area contributed by atoms with Crippen molar-refractivity contribution in [1.29, 1.82) is 0 Å². The van der Waals surface area contributed by atoms with Crippen LogP contribution < -0.4 is 4.90 Å². The maximum absolute atomic E-state index is 11.5. The Bertz CT molecular complexity index is 778. The lowest BCUT2D eigenvalue weighted by molar-refractivity contribution is -0.0736. The molecule has 24 heavy (non-hydrogen) atoms. The molecule has 4 heterocycles. The summed E-state index contributed by atoms with van der Waals surface area (Å²) in [5.41, 5.74) is 2.69. The van der Waals surface area contributed by atoms with Gasteiger partial charge in [-0.3, -0.25) is 4.79 Å². The first-order chi connectivity index (χ1) is 11.6. The zero-order valence-corrected chi connectivity index (χ0v) is 14.9. The molecule has 1 saturated heterocycles. The first kappa shape index (κ1) is 15.7. The SMILES string of the molecule is CC(=O)c1cnc(N2CCC3(CC2)OCCc2ccsc23)nc1C. The van der Waals surface area contributed by atoms with E-state index in [2.05, 4.69) is 26.3 Å². The van der Waals surface area contributed by atoms with Crippen molar-refractivity contribution in [3.8, 4) is 0 Å². The average molecular weight is 343 g/mol. The molecule has 0 unspecified atom stereocenters. The summed E-state index contributed by atoms with van der Waals surface area (Å²) in [7, 11) is 0. The molecule has 6 heteroatoms. The Balaban J connectivity index is 1.53. The maximum atomic E-state index is 11.5. The highest BCUT2D eigenvalue weighted by Crippen LogP contribution is 2.44. The van der Waals surface area contributed by atoms with Gasteiger partial charge in [0.1, 0.15) is 5.60 Å². The van der Waals surface area contributed by atoms with E-state index in [4.69, 9.17) is 4.74 Å². The van der Waals surface area contributed by atoms with Crippen LogP contribution in [-0.2, 0) is 16.8 Å². The van der Waals surface area contributed by atoms with Crippen molar-refractivity contribution in [1.82, 2.24) is 9.97 Å². The third-order valence-electron chi connectivity index (χ3n) is 5.11. The van der Waals surface area contributed by atoms with Crippen LogP contribution in [0.3, 0.4) is 0 Å². The van der Waals surface area contributed by atoms with Gasteiger partial charge in [-0.2, -0.15) is 0 Å². The first-order valence-electron chi connectivity index (χ1n) is 8.39. The molecule has 0 amide bonds. The van der Waals surface area contributed by atoms with Gasteiger partial charge in [0.15, 0.2) is 5.78 Å². The van der Waals surface area contributed by atoms with Crippen LogP contribution in [-0.4, -0.2) is 35.4 Å². The zero-order chi connectivity index (χ0) is 16.7. The standard InChI is InChI=1S/C18H21N3O2S/c1-12-15(13(2)22)11-19-17(20-12)21-7-5-18(6-8-21)16-14(3-9-23-18)4-10-24-16/h4,10-11H,3,5-9H2,1-2H3. The number of nitrogens with zero attached hydrogens (tertiary/aromatic N) is 3. The summed E-state index contributed by atoms with van der Waals surface area (Å²) >= 11 is 1.82. The molecule has 2 aromatic heterocycles. The van der Waals surface area contributed by atoms with Crippen molar-refractivity contribution in [2.75, 3.05) is 24.6 Å². The summed E-state index contributed by atoms with van der Waals surface area (Å²) in [6, 6.07) is 2.24. The fourth-order valence-corrected chi connectivity index (χ4v) is 4.91. The average Bonchev–Trinajstić information content (AvgIpc) is 3.05. The minimum absolute atomic E-state index is 0.0116. The van der Waals surface area contributed by atoms with Crippen molar-refractivity contribution in [3.05, 3.63) is 39.3 Å². The van der Waals surface area contributed by atoms with Crippen molar-refractivity contribution in [2.24, 2.45) is 0 Å². The van der Waals surface area contributed by atoms with E-state index in [9.17, 15) is 4.79 Å². The molecule has 1 fully saturated rings. The molecule has 0 aliphatic carbocycles. The predicted octanol–water partition coefficient (Wildman–Crippen LogP) is 3.12. The van der Waals surface area contributed by atoms with E-state index in [1.165, 1.54) is 10.4 Å². The Labute approximate surface area is 145 Å². The van der Waals surface area contributed by atoms with Crippen LogP contribution in [0.2, 0.25) is 0 Å². The van der Waals surface area contributed by atoms with E-state index < -0.39 is 0 Å². The fourth-order valence-electron chi connectivity index (χ4n) is 3.75. The summed E-state index contributed by atoms with van der Waals surface area (Å²) in [6.45, 7) is 5.98. The van der Waals surface area contributed by atoms with Gasteiger partial charge in [0.05, 0.1) is 17.9 Å². The number of ether oxygens (including phenoxy) is 1. The largest absolute Gasteiger partial charge is 0.369 e. The minimum Gasteiger partial charge on any atom is -0.369 e. The molecule has 0 aromatic carbocycles. The number of carbonyl (C=O) groups is 1. The number of aromatic nitrogens is 2. The second-order valence-electron chi connectivity index (χ2n) is 6.58. The van der Waals surface area contributed by atoms with Crippen LogP contribution in [0.1, 0.15) is 46.3 Å². The smallest absolute Gasteiger partial charge is 0.225 e. The highest BCUT2D eigenvalue weighted by atomic mass is 32.1. The number of anilines is 1. The Morgan fingerprint density at radius 1 is 1.38 bits per heavy atom. The Morgan fingerprint density at radius 2 is 2.17 bits per heavy atom. The van der Waals surface area contributed by atoms with E-state index >= 15 is 0 Å². The lowest BCUT2D eigenvalue weighted by Crippen LogP contribution is -2.46. The molecule has 2 aliphatic rings. The third-order valence-corrected chi connectivity index (χ3v) is 6.25. The molecule has 4 rings (SSSR count). The number of ketones is 1. The van der Waals surface area contributed by atoms with Crippen LogP contribution in [0.25, 0.3) is 0 Å². The molecule has 2 aliphatic heterocycles. The summed E-state index contributed by atoms with van der Waals surface area (Å²) in [5.74, 6) is 0.729. The van der Waals surface area contributed by atoms with E-state index in [1.807, 2.05) is 18.3 Å². The second-order valence-corrected chi connectivity index (χ2v) is 7.50. The number of hydrogen-bond acceptors (Lipinski definition) is 6. The van der Waals surface area contributed by atoms with Gasteiger partial charge < -0.3 is 9.64 Å². The van der Waals surface area contributed by atoms with Gasteiger partial charge in [-0.15, -0.1) is 11.3 Å². The lowest BCUT2D eigenvalue weighted by Gasteiger charge is -2.43. The molecule has 0 radical (unpaired) electrons. The van der Waals surface area contributed by atoms with E-state index in [0.717, 1.165) is 50.6 Å².